The molecule has 1 amide bonds. The van der Waals surface area contributed by atoms with E-state index in [4.69, 9.17) is 4.74 Å². The van der Waals surface area contributed by atoms with Crippen molar-refractivity contribution in [2.45, 2.75) is 14.4 Å². The fourth-order valence-electron chi connectivity index (χ4n) is 3.49. The van der Waals surface area contributed by atoms with Crippen LogP contribution in [-0.2, 0) is 10.5 Å². The molecular formula is C28H22N4O2S3. The first-order chi connectivity index (χ1) is 18.2. The van der Waals surface area contributed by atoms with Gasteiger partial charge in [0.15, 0.2) is 8.68 Å². The van der Waals surface area contributed by atoms with Crippen LogP contribution in [0.2, 0.25) is 0 Å². The number of thioether (sulfide) groups is 2. The van der Waals surface area contributed by atoms with Gasteiger partial charge in [0.25, 0.3) is 5.91 Å². The Morgan fingerprint density at radius 2 is 1.59 bits per heavy atom. The van der Waals surface area contributed by atoms with Crippen LogP contribution >= 0.6 is 34.9 Å². The van der Waals surface area contributed by atoms with Gasteiger partial charge < -0.3 is 4.74 Å². The Morgan fingerprint density at radius 3 is 2.49 bits per heavy atom. The van der Waals surface area contributed by atoms with E-state index in [2.05, 4.69) is 63.2 Å². The van der Waals surface area contributed by atoms with Gasteiger partial charge in [0.1, 0.15) is 11.5 Å². The molecule has 0 aliphatic rings. The highest BCUT2D eigenvalue weighted by Crippen LogP contribution is 2.32. The first-order valence-electron chi connectivity index (χ1n) is 11.4. The molecular weight excluding hydrogens is 521 g/mol. The van der Waals surface area contributed by atoms with E-state index in [1.807, 2.05) is 54.6 Å². The van der Waals surface area contributed by atoms with Gasteiger partial charge in [0.2, 0.25) is 0 Å². The highest BCUT2D eigenvalue weighted by Gasteiger charge is 2.09. The Bertz CT molecular complexity index is 1520. The summed E-state index contributed by atoms with van der Waals surface area (Å²) in [5, 5.41) is 15.0. The summed E-state index contributed by atoms with van der Waals surface area (Å²) in [6.07, 6.45) is 1.59. The molecule has 1 heterocycles. The molecule has 184 valence electrons. The summed E-state index contributed by atoms with van der Waals surface area (Å²) in [6.45, 7) is 0. The van der Waals surface area contributed by atoms with Crippen LogP contribution in [0.25, 0.3) is 10.8 Å². The molecule has 9 heteroatoms. The summed E-state index contributed by atoms with van der Waals surface area (Å²) in [7, 11) is 0. The monoisotopic (exact) mass is 542 g/mol. The number of aromatic nitrogens is 2. The lowest BCUT2D eigenvalue weighted by molar-refractivity contribution is -0.118. The Morgan fingerprint density at radius 1 is 0.865 bits per heavy atom. The van der Waals surface area contributed by atoms with Crippen LogP contribution in [0.1, 0.15) is 11.1 Å². The number of hydrazone groups is 1. The highest BCUT2D eigenvalue weighted by molar-refractivity contribution is 8.03. The third-order valence-corrected chi connectivity index (χ3v) is 8.42. The van der Waals surface area contributed by atoms with Crippen LogP contribution in [0.5, 0.6) is 11.5 Å². The lowest BCUT2D eigenvalue weighted by atomic mass is 10.1. The van der Waals surface area contributed by atoms with Gasteiger partial charge in [-0.15, -0.1) is 10.2 Å². The molecule has 6 nitrogen and oxygen atoms in total. The first kappa shape index (κ1) is 25.0. The molecule has 5 rings (SSSR count). The van der Waals surface area contributed by atoms with Crippen molar-refractivity contribution in [1.82, 2.24) is 15.6 Å². The molecule has 5 aromatic rings. The third-order valence-electron chi connectivity index (χ3n) is 5.19. The van der Waals surface area contributed by atoms with E-state index in [0.717, 1.165) is 25.7 Å². The molecule has 0 aliphatic carbocycles. The number of carbonyl (C=O) groups is 1. The summed E-state index contributed by atoms with van der Waals surface area (Å²) >= 11 is 4.50. The zero-order valence-corrected chi connectivity index (χ0v) is 22.1. The normalized spacial score (nSPS) is 11.1. The SMILES string of the molecule is O=C(CSc1nnc(SCc2cccc3ccccc23)s1)N/N=C/c1cccc(Oc2ccccc2)c1. The van der Waals surface area contributed by atoms with E-state index in [1.165, 1.54) is 39.4 Å². The van der Waals surface area contributed by atoms with Crippen molar-refractivity contribution in [3.8, 4) is 11.5 Å². The summed E-state index contributed by atoms with van der Waals surface area (Å²) in [4.78, 5) is 12.2. The molecule has 0 spiro atoms. The number of nitrogens with one attached hydrogen (secondary N) is 1. The summed E-state index contributed by atoms with van der Waals surface area (Å²) < 4.78 is 7.47. The molecule has 0 saturated carbocycles. The second kappa shape index (κ2) is 12.5. The summed E-state index contributed by atoms with van der Waals surface area (Å²) in [6, 6.07) is 31.8. The van der Waals surface area contributed by atoms with Gasteiger partial charge >= 0.3 is 0 Å². The molecule has 0 fully saturated rings. The number of hydrogen-bond acceptors (Lipinski definition) is 8. The third kappa shape index (κ3) is 7.19. The van der Waals surface area contributed by atoms with Gasteiger partial charge in [0, 0.05) is 5.75 Å². The second-order valence-corrected chi connectivity index (χ2v) is 11.3. The van der Waals surface area contributed by atoms with E-state index in [0.29, 0.717) is 5.75 Å². The average Bonchev–Trinajstić information content (AvgIpc) is 3.39. The Hall–Kier alpha value is -3.66. The number of carbonyl (C=O) groups excluding carboxylic acids is 1. The van der Waals surface area contributed by atoms with E-state index in [1.54, 1.807) is 18.0 Å². The molecule has 0 unspecified atom stereocenters. The van der Waals surface area contributed by atoms with E-state index in [9.17, 15) is 4.79 Å². The van der Waals surface area contributed by atoms with Crippen molar-refractivity contribution in [2.75, 3.05) is 5.75 Å². The highest BCUT2D eigenvalue weighted by atomic mass is 32.2. The van der Waals surface area contributed by atoms with Crippen molar-refractivity contribution >= 4 is 57.8 Å². The molecule has 1 aromatic heterocycles. The van der Waals surface area contributed by atoms with E-state index in [-0.39, 0.29) is 11.7 Å². The Kier molecular flexibility index (Phi) is 8.47. The van der Waals surface area contributed by atoms with Crippen LogP contribution < -0.4 is 10.2 Å². The molecule has 1 N–H and O–H groups in total. The molecule has 0 saturated heterocycles. The number of nitrogens with zero attached hydrogens (tertiary/aromatic N) is 3. The number of ether oxygens (including phenoxy) is 1. The van der Waals surface area contributed by atoms with Crippen molar-refractivity contribution in [3.63, 3.8) is 0 Å². The lowest BCUT2D eigenvalue weighted by Gasteiger charge is -2.05. The minimum absolute atomic E-state index is 0.205. The zero-order valence-electron chi connectivity index (χ0n) is 19.6. The minimum Gasteiger partial charge on any atom is -0.457 e. The van der Waals surface area contributed by atoms with Crippen LogP contribution in [0.4, 0.5) is 0 Å². The standard InChI is InChI=1S/C28H22N4O2S3/c33-26(30-29-17-20-8-6-14-24(16-20)34-23-12-2-1-3-13-23)19-36-28-32-31-27(37-28)35-18-22-11-7-10-21-9-4-5-15-25(21)22/h1-17H,18-19H2,(H,30,33)/b29-17+. The van der Waals surface area contributed by atoms with Gasteiger partial charge in [-0.25, -0.2) is 5.43 Å². The van der Waals surface area contributed by atoms with E-state index < -0.39 is 0 Å². The second-order valence-electron chi connectivity index (χ2n) is 7.83. The fraction of sp³-hybridized carbons (Fsp3) is 0.0714. The molecule has 0 atom stereocenters. The Balaban J connectivity index is 1.08. The number of benzene rings is 4. The molecule has 37 heavy (non-hydrogen) atoms. The first-order valence-corrected chi connectivity index (χ1v) is 14.2. The van der Waals surface area contributed by atoms with Gasteiger partial charge in [-0.1, -0.05) is 108 Å². The van der Waals surface area contributed by atoms with Crippen LogP contribution in [0.15, 0.2) is 111 Å². The van der Waals surface area contributed by atoms with Gasteiger partial charge in [-0.2, -0.15) is 5.10 Å². The van der Waals surface area contributed by atoms with E-state index >= 15 is 0 Å². The van der Waals surface area contributed by atoms with Crippen molar-refractivity contribution in [2.24, 2.45) is 5.10 Å². The van der Waals surface area contributed by atoms with Crippen LogP contribution in [-0.4, -0.2) is 28.1 Å². The van der Waals surface area contributed by atoms with Crippen molar-refractivity contribution in [3.05, 3.63) is 108 Å². The number of para-hydroxylation sites is 1. The number of fused-ring (bicyclic) bond motifs is 1. The van der Waals surface area contributed by atoms with Crippen molar-refractivity contribution < 1.29 is 9.53 Å². The number of hydrogen-bond donors (Lipinski definition) is 1. The minimum atomic E-state index is -0.210. The predicted octanol–water partition coefficient (Wildman–Crippen LogP) is 7.02. The van der Waals surface area contributed by atoms with Crippen LogP contribution in [0.3, 0.4) is 0 Å². The van der Waals surface area contributed by atoms with Gasteiger partial charge in [-0.3, -0.25) is 4.79 Å². The summed E-state index contributed by atoms with van der Waals surface area (Å²) in [5.41, 5.74) is 4.64. The topological polar surface area (TPSA) is 76.5 Å². The molecule has 4 aromatic carbocycles. The molecule has 0 bridgehead atoms. The summed E-state index contributed by atoms with van der Waals surface area (Å²) in [5.74, 6) is 2.26. The molecule has 0 radical (unpaired) electrons. The maximum Gasteiger partial charge on any atom is 0.250 e. The number of rotatable bonds is 10. The Labute approximate surface area is 227 Å². The van der Waals surface area contributed by atoms with Gasteiger partial charge in [-0.05, 0) is 46.2 Å². The maximum atomic E-state index is 12.2. The fourth-order valence-corrected chi connectivity index (χ4v) is 6.31. The van der Waals surface area contributed by atoms with Crippen LogP contribution in [0, 0.1) is 0 Å². The quantitative estimate of drug-likeness (QED) is 0.116. The maximum absolute atomic E-state index is 12.2. The molecule has 0 aliphatic heterocycles. The van der Waals surface area contributed by atoms with Gasteiger partial charge in [0.05, 0.1) is 12.0 Å². The van der Waals surface area contributed by atoms with Crippen molar-refractivity contribution in [1.29, 1.82) is 0 Å². The smallest absolute Gasteiger partial charge is 0.250 e. The average molecular weight is 543 g/mol. The lowest BCUT2D eigenvalue weighted by Crippen LogP contribution is -2.19. The number of amides is 1. The predicted molar refractivity (Wildman–Crippen MR) is 153 cm³/mol. The largest absolute Gasteiger partial charge is 0.457 e. The zero-order chi connectivity index (χ0) is 25.3.